The third-order valence-electron chi connectivity index (χ3n) is 1.17. The number of hydrogen-bond donors (Lipinski definition) is 0. The Labute approximate surface area is 102 Å². The van der Waals surface area contributed by atoms with Gasteiger partial charge in [0, 0.05) is 0 Å². The summed E-state index contributed by atoms with van der Waals surface area (Å²) in [6, 6.07) is 0. The molecule has 0 aromatic carbocycles. The van der Waals surface area contributed by atoms with Crippen LogP contribution in [0.15, 0.2) is 0 Å². The Kier molecular flexibility index (Phi) is 7.69. The van der Waals surface area contributed by atoms with Crippen LogP contribution in [-0.4, -0.2) is 32.8 Å². The zero-order chi connectivity index (χ0) is 14.1. The Morgan fingerprint density at radius 3 is 1.94 bits per heavy atom. The maximum atomic E-state index is 11.7. The van der Waals surface area contributed by atoms with Crippen LogP contribution in [-0.2, 0) is 22.9 Å². The molecule has 0 aliphatic carbocycles. The smallest absolute Gasteiger partial charge is 0.345 e. The number of rotatable bonds is 8. The highest BCUT2D eigenvalue weighted by atomic mass is 31.2. The highest BCUT2D eigenvalue weighted by Gasteiger charge is 2.30. The summed E-state index contributed by atoms with van der Waals surface area (Å²) in [5, 5.41) is 0. The molecule has 0 spiro atoms. The highest BCUT2D eigenvalue weighted by molar-refractivity contribution is 7.48. The van der Waals surface area contributed by atoms with Gasteiger partial charge in [0.05, 0.1) is 0 Å². The average molecular weight is 286 g/mol. The molecule has 0 unspecified atom stereocenters. The van der Waals surface area contributed by atoms with E-state index in [9.17, 15) is 17.7 Å². The normalized spacial score (nSPS) is 11.8. The van der Waals surface area contributed by atoms with Gasteiger partial charge in [0.1, 0.15) is 19.8 Å². The van der Waals surface area contributed by atoms with Crippen LogP contribution in [0.3, 0.4) is 0 Å². The molecule has 0 saturated heterocycles. The summed E-state index contributed by atoms with van der Waals surface area (Å²) in [7, 11) is -4.11. The summed E-state index contributed by atoms with van der Waals surface area (Å²) >= 11 is 0. The second kappa shape index (κ2) is 8.15. The Hall–Kier alpha value is -1.02. The molecular formula is C9H10F3O5P. The largest absolute Gasteiger partial charge is 0.478 e. The third-order valence-corrected chi connectivity index (χ3v) is 2.48. The molecule has 0 radical (unpaired) electrons. The highest BCUT2D eigenvalue weighted by Crippen LogP contribution is 2.49. The van der Waals surface area contributed by atoms with Crippen LogP contribution < -0.4 is 0 Å². The van der Waals surface area contributed by atoms with Crippen LogP contribution in [0.25, 0.3) is 0 Å². The van der Waals surface area contributed by atoms with E-state index < -0.39 is 40.6 Å². The molecule has 0 aromatic rings. The first kappa shape index (κ1) is 17.0. The molecule has 0 fully saturated rings. The van der Waals surface area contributed by atoms with E-state index in [4.69, 9.17) is 12.8 Å². The summed E-state index contributed by atoms with van der Waals surface area (Å²) in [5.41, 5.74) is 0. The lowest BCUT2D eigenvalue weighted by molar-refractivity contribution is -0.188. The molecule has 0 aromatic heterocycles. The molecule has 9 heteroatoms. The van der Waals surface area contributed by atoms with Gasteiger partial charge in [0.15, 0.2) is 6.79 Å². The minimum atomic E-state index is -4.52. The maximum Gasteiger partial charge on any atom is 0.478 e. The van der Waals surface area contributed by atoms with Crippen LogP contribution in [0.5, 0.6) is 0 Å². The van der Waals surface area contributed by atoms with Crippen molar-refractivity contribution in [3.05, 3.63) is 0 Å². The summed E-state index contributed by atoms with van der Waals surface area (Å²) in [4.78, 5) is 0. The first-order valence-corrected chi connectivity index (χ1v) is 5.84. The molecule has 0 bridgehead atoms. The van der Waals surface area contributed by atoms with Gasteiger partial charge in [-0.2, -0.15) is 13.2 Å². The van der Waals surface area contributed by atoms with E-state index in [2.05, 4.69) is 18.3 Å². The average Bonchev–Trinajstić information content (AvgIpc) is 2.29. The van der Waals surface area contributed by atoms with Crippen molar-refractivity contribution in [1.82, 2.24) is 0 Å². The van der Waals surface area contributed by atoms with Gasteiger partial charge in [-0.15, -0.1) is 12.8 Å². The third kappa shape index (κ3) is 9.06. The van der Waals surface area contributed by atoms with Crippen molar-refractivity contribution in [1.29, 1.82) is 0 Å². The molecule has 0 aliphatic heterocycles. The van der Waals surface area contributed by atoms with Crippen LogP contribution in [0, 0.1) is 24.7 Å². The van der Waals surface area contributed by atoms with Gasteiger partial charge < -0.3 is 4.74 Å². The van der Waals surface area contributed by atoms with Crippen LogP contribution in [0.2, 0.25) is 0 Å². The fraction of sp³-hybridized carbons (Fsp3) is 0.556. The Bertz CT molecular complexity index is 346. The van der Waals surface area contributed by atoms with E-state index in [1.165, 1.54) is 0 Å². The minimum absolute atomic E-state index is 0.416. The Morgan fingerprint density at radius 2 is 1.56 bits per heavy atom. The van der Waals surface area contributed by atoms with Crippen LogP contribution in [0.4, 0.5) is 13.2 Å². The zero-order valence-electron chi connectivity index (χ0n) is 9.11. The van der Waals surface area contributed by atoms with Gasteiger partial charge in [-0.05, 0) is 0 Å². The summed E-state index contributed by atoms with van der Waals surface area (Å²) in [6.07, 6.45) is 5.18. The Balaban J connectivity index is 4.14. The fourth-order valence-corrected chi connectivity index (χ4v) is 1.50. The van der Waals surface area contributed by atoms with E-state index in [0.29, 0.717) is 0 Å². The number of terminal acetylenes is 2. The Morgan fingerprint density at radius 1 is 1.06 bits per heavy atom. The molecule has 0 N–H and O–H groups in total. The topological polar surface area (TPSA) is 54.0 Å². The number of halogens is 3. The van der Waals surface area contributed by atoms with Gasteiger partial charge in [-0.25, -0.2) is 4.57 Å². The van der Waals surface area contributed by atoms with Gasteiger partial charge in [0.25, 0.3) is 0 Å². The molecule has 0 aliphatic rings. The van der Waals surface area contributed by atoms with Crippen molar-refractivity contribution < 1.29 is 36.0 Å². The summed E-state index contributed by atoms with van der Waals surface area (Å²) < 4.78 is 64.3. The molecule has 0 heterocycles. The molecule has 102 valence electrons. The quantitative estimate of drug-likeness (QED) is 0.295. The summed E-state index contributed by atoms with van der Waals surface area (Å²) in [6.45, 7) is -3.33. The number of hydrogen-bond acceptors (Lipinski definition) is 5. The number of ether oxygens (including phenoxy) is 1. The van der Waals surface area contributed by atoms with Gasteiger partial charge >= 0.3 is 14.0 Å². The van der Waals surface area contributed by atoms with Crippen molar-refractivity contribution in [3.63, 3.8) is 0 Å². The number of alkyl halides is 3. The maximum absolute atomic E-state index is 11.7. The molecule has 0 atom stereocenters. The van der Waals surface area contributed by atoms with Gasteiger partial charge in [0.2, 0.25) is 0 Å². The van der Waals surface area contributed by atoms with Gasteiger partial charge in [-0.3, -0.25) is 13.6 Å². The predicted molar refractivity (Wildman–Crippen MR) is 55.1 cm³/mol. The van der Waals surface area contributed by atoms with Crippen molar-refractivity contribution in [2.24, 2.45) is 0 Å². The minimum Gasteiger partial charge on any atom is -0.345 e. The monoisotopic (exact) mass is 286 g/mol. The lowest BCUT2D eigenvalue weighted by Crippen LogP contribution is -2.18. The lowest BCUT2D eigenvalue weighted by atomic mass is 10.7. The van der Waals surface area contributed by atoms with Crippen LogP contribution in [0.1, 0.15) is 0 Å². The van der Waals surface area contributed by atoms with E-state index in [-0.39, 0.29) is 0 Å². The molecular weight excluding hydrogens is 276 g/mol. The number of phosphoric acid groups is 1. The fourth-order valence-electron chi connectivity index (χ4n) is 0.604. The van der Waals surface area contributed by atoms with E-state index in [1.54, 1.807) is 0 Å². The molecule has 18 heavy (non-hydrogen) atoms. The lowest BCUT2D eigenvalue weighted by Gasteiger charge is -2.16. The van der Waals surface area contributed by atoms with Crippen LogP contribution >= 0.6 is 7.82 Å². The van der Waals surface area contributed by atoms with Crippen molar-refractivity contribution >= 4 is 7.82 Å². The SMILES string of the molecule is C#CCOP(=O)(OCC#C)OCOCC(F)(F)F. The summed E-state index contributed by atoms with van der Waals surface area (Å²) in [5.74, 6) is 3.98. The zero-order valence-corrected chi connectivity index (χ0v) is 10.00. The standard InChI is InChI=1S/C9H10F3O5P/c1-3-5-15-18(13,16-6-4-2)17-8-14-7-9(10,11)12/h1-2H,5-8H2. The van der Waals surface area contributed by atoms with E-state index in [0.717, 1.165) is 0 Å². The van der Waals surface area contributed by atoms with E-state index >= 15 is 0 Å². The van der Waals surface area contributed by atoms with Crippen molar-refractivity contribution in [2.75, 3.05) is 26.6 Å². The number of phosphoric ester groups is 1. The van der Waals surface area contributed by atoms with Crippen molar-refractivity contribution in [2.45, 2.75) is 6.18 Å². The molecule has 0 rings (SSSR count). The predicted octanol–water partition coefficient (Wildman–Crippen LogP) is 1.95. The van der Waals surface area contributed by atoms with Crippen molar-refractivity contribution in [3.8, 4) is 24.7 Å². The second-order valence-corrected chi connectivity index (χ2v) is 4.28. The van der Waals surface area contributed by atoms with E-state index in [1.807, 2.05) is 11.8 Å². The molecule has 0 amide bonds. The first-order valence-electron chi connectivity index (χ1n) is 4.38. The van der Waals surface area contributed by atoms with Gasteiger partial charge in [-0.1, -0.05) is 11.8 Å². The second-order valence-electron chi connectivity index (χ2n) is 2.61. The molecule has 5 nitrogen and oxygen atoms in total. The first-order chi connectivity index (χ1) is 8.33. The molecule has 0 saturated carbocycles.